The molecule has 0 radical (unpaired) electrons. The average Bonchev–Trinajstić information content (AvgIpc) is 2.10. The van der Waals surface area contributed by atoms with Gasteiger partial charge in [-0.2, -0.15) is 10.2 Å². The van der Waals surface area contributed by atoms with Crippen LogP contribution >= 0.6 is 0 Å². The number of hydrogen-bond donors (Lipinski definition) is 14. The van der Waals surface area contributed by atoms with E-state index in [1.165, 1.54) is 16.8 Å². The number of guanidine groups is 1. The van der Waals surface area contributed by atoms with E-state index in [0.29, 0.717) is 71.0 Å². The number of fused-ring (bicyclic) bond motifs is 4. The lowest BCUT2D eigenvalue weighted by atomic mass is 10.1. The summed E-state index contributed by atoms with van der Waals surface area (Å²) in [4.78, 5) is 131. The number of nitrogens with zero attached hydrogens (tertiary/aromatic N) is 9. The molecular formula is C61H80N20O15. The number of imidazole rings is 1. The molecule has 0 aliphatic carbocycles. The van der Waals surface area contributed by atoms with Crippen LogP contribution in [-0.2, 0) is 59.7 Å². The Balaban J connectivity index is 1.16. The standard InChI is InChI=1S/C61H80N20O15/c1-6-80-43(21-32(3)76-80)54-70-31-38-37-23-34(52(63)88)25-45(96-20-12-18-94-5)50(37)78(55(38)74-54)16-8-9-17-79-51-40(73-61(79)75-59(93)44-22-33(4)77-81(44)7-2)24-35(53(64)89)26-46(51)95-19-11-15-67-56(90)41(28-48(84)85)71-58(92)42(29-49(86)87)72-57(91)39(13-10-14-68-60(65)66)69-30-36(62)27-47(82)83/h8-9,21-26,31,36,39,41-42,69H,6-7,10-20,27-30,62H2,1-5H3,(H2,63,88)(H2,64,89)(H,67,90)(H,71,92)(H,72,91)(H,82,83)(H,84,85)(H,86,87)(H4,65,66,68)(H,73,75,93)/b9-8+/t36-,39-,41-,42-/m0/s1. The molecule has 7 rings (SSSR count). The Morgan fingerprint density at radius 3 is 1.86 bits per heavy atom. The first-order valence-electron chi connectivity index (χ1n) is 30.7. The molecule has 0 unspecified atom stereocenters. The number of aryl methyl sites for hydroxylation is 4. The van der Waals surface area contributed by atoms with Crippen molar-refractivity contribution < 1.29 is 72.7 Å². The monoisotopic (exact) mass is 1330 g/mol. The summed E-state index contributed by atoms with van der Waals surface area (Å²) < 4.78 is 24.8. The summed E-state index contributed by atoms with van der Waals surface area (Å²) in [5.74, 6) is -9.05. The zero-order chi connectivity index (χ0) is 69.9. The highest BCUT2D eigenvalue weighted by Gasteiger charge is 2.32. The molecular weight excluding hydrogens is 1250 g/mol. The van der Waals surface area contributed by atoms with Crippen molar-refractivity contribution in [3.05, 3.63) is 83.0 Å². The van der Waals surface area contributed by atoms with Crippen LogP contribution in [0.2, 0.25) is 0 Å². The maximum atomic E-state index is 14.2. The lowest BCUT2D eigenvalue weighted by Crippen LogP contribution is -2.57. The number of anilines is 1. The van der Waals surface area contributed by atoms with Crippen molar-refractivity contribution in [3.8, 4) is 23.0 Å². The minimum Gasteiger partial charge on any atom is -0.491 e. The number of methoxy groups -OCH3 is 1. The molecule has 0 aliphatic heterocycles. The zero-order valence-electron chi connectivity index (χ0n) is 53.6. The first-order valence-corrected chi connectivity index (χ1v) is 30.7. The average molecular weight is 1330 g/mol. The Bertz CT molecular complexity index is 4080. The number of aliphatic carboxylic acids is 3. The second kappa shape index (κ2) is 33.7. The number of carbonyl (C=O) groups excluding carboxylic acids is 6. The number of allylic oxidation sites excluding steroid dienone is 2. The van der Waals surface area contributed by atoms with E-state index in [1.807, 2.05) is 37.5 Å². The fourth-order valence-corrected chi connectivity index (χ4v) is 10.5. The normalized spacial score (nSPS) is 12.7. The SMILES string of the molecule is CCn1nc(C)cc1C(=O)Nc1nc2cc(C(N)=O)cc(OCCCNC(=O)[C@H](CC(=O)O)NC(=O)[C@H](CC(=O)O)NC(=O)[C@H](CCCNC(=N)N)NC[C@@H](N)CC(=O)O)c2n1C/C=C/Cn1c2nc(-c3cc(C)nn3CC)ncc2c2cc(C(N)=O)cc(OCCCOC)c21. The van der Waals surface area contributed by atoms with Crippen molar-refractivity contribution in [2.24, 2.45) is 22.9 Å². The van der Waals surface area contributed by atoms with Crippen LogP contribution in [-0.4, -0.2) is 189 Å². The summed E-state index contributed by atoms with van der Waals surface area (Å²) in [6.07, 6.45) is 3.61. The maximum Gasteiger partial charge on any atom is 0.305 e. The van der Waals surface area contributed by atoms with Crippen molar-refractivity contribution in [2.45, 2.75) is 123 Å². The molecule has 4 atom stereocenters. The third-order valence-corrected chi connectivity index (χ3v) is 14.9. The number of ether oxygens (including phenoxy) is 3. The van der Waals surface area contributed by atoms with Crippen molar-refractivity contribution in [1.29, 1.82) is 5.41 Å². The molecule has 35 nitrogen and oxygen atoms in total. The quantitative estimate of drug-likeness (QED) is 0.0109. The molecule has 2 aromatic carbocycles. The summed E-state index contributed by atoms with van der Waals surface area (Å²) in [7, 11) is 1.58. The van der Waals surface area contributed by atoms with Crippen LogP contribution in [0.1, 0.15) is 101 Å². The van der Waals surface area contributed by atoms with E-state index >= 15 is 0 Å². The molecule has 0 saturated carbocycles. The molecule has 96 heavy (non-hydrogen) atoms. The smallest absolute Gasteiger partial charge is 0.305 e. The van der Waals surface area contributed by atoms with E-state index in [9.17, 15) is 53.4 Å². The van der Waals surface area contributed by atoms with Gasteiger partial charge in [0.15, 0.2) is 11.8 Å². The topological polar surface area (TPSA) is 526 Å². The molecule has 0 bridgehead atoms. The number of carbonyl (C=O) groups is 9. The Labute approximate surface area is 548 Å². The third kappa shape index (κ3) is 19.1. The van der Waals surface area contributed by atoms with Crippen molar-refractivity contribution in [3.63, 3.8) is 0 Å². The Morgan fingerprint density at radius 1 is 0.656 bits per heavy atom. The maximum absolute atomic E-state index is 14.2. The number of carboxylic acids is 3. The second-order valence-electron chi connectivity index (χ2n) is 22.2. The molecule has 6 amide bonds. The van der Waals surface area contributed by atoms with E-state index in [-0.39, 0.29) is 111 Å². The van der Waals surface area contributed by atoms with Gasteiger partial charge in [-0.15, -0.1) is 0 Å². The van der Waals surface area contributed by atoms with Gasteiger partial charge in [0.05, 0.1) is 60.9 Å². The summed E-state index contributed by atoms with van der Waals surface area (Å²) in [6.45, 7) is 8.59. The van der Waals surface area contributed by atoms with Gasteiger partial charge < -0.3 is 88.2 Å². The van der Waals surface area contributed by atoms with Gasteiger partial charge >= 0.3 is 17.9 Å². The van der Waals surface area contributed by atoms with Crippen LogP contribution in [0.4, 0.5) is 5.95 Å². The van der Waals surface area contributed by atoms with Crippen molar-refractivity contribution in [1.82, 2.24) is 70.2 Å². The predicted molar refractivity (Wildman–Crippen MR) is 348 cm³/mol. The highest BCUT2D eigenvalue weighted by atomic mass is 16.5. The Kier molecular flexibility index (Phi) is 25.4. The molecule has 35 heteroatoms. The first kappa shape index (κ1) is 72.4. The number of benzene rings is 2. The van der Waals surface area contributed by atoms with E-state index < -0.39 is 96.8 Å². The first-order chi connectivity index (χ1) is 45.8. The Morgan fingerprint density at radius 2 is 1.24 bits per heavy atom. The minimum atomic E-state index is -1.85. The molecule has 0 fully saturated rings. The van der Waals surface area contributed by atoms with Crippen LogP contribution in [0.25, 0.3) is 44.5 Å². The number of rotatable bonds is 39. The third-order valence-electron chi connectivity index (χ3n) is 14.9. The van der Waals surface area contributed by atoms with Crippen LogP contribution in [0.5, 0.6) is 11.5 Å². The summed E-state index contributed by atoms with van der Waals surface area (Å²) >= 11 is 0. The van der Waals surface area contributed by atoms with Crippen molar-refractivity contribution in [2.75, 3.05) is 51.9 Å². The van der Waals surface area contributed by atoms with Crippen LogP contribution in [0, 0.1) is 19.3 Å². The van der Waals surface area contributed by atoms with Gasteiger partial charge in [-0.3, -0.25) is 63.2 Å². The van der Waals surface area contributed by atoms with Gasteiger partial charge in [0, 0.05) is 100 Å². The zero-order valence-corrected chi connectivity index (χ0v) is 53.6. The lowest BCUT2D eigenvalue weighted by molar-refractivity contribution is -0.143. The van der Waals surface area contributed by atoms with Gasteiger partial charge in [0.25, 0.3) is 5.91 Å². The van der Waals surface area contributed by atoms with E-state index in [1.54, 1.807) is 53.8 Å². The fourth-order valence-electron chi connectivity index (χ4n) is 10.5. The van der Waals surface area contributed by atoms with Gasteiger partial charge in [-0.05, 0) is 83.4 Å². The second-order valence-corrected chi connectivity index (χ2v) is 22.2. The van der Waals surface area contributed by atoms with Crippen molar-refractivity contribution >= 4 is 98.2 Å². The van der Waals surface area contributed by atoms with Gasteiger partial charge in [0.1, 0.15) is 46.1 Å². The highest BCUT2D eigenvalue weighted by Crippen LogP contribution is 2.37. The Hall–Kier alpha value is -11.1. The van der Waals surface area contributed by atoms with E-state index in [4.69, 9.17) is 62.6 Å². The molecule has 0 aliphatic rings. The number of aromatic nitrogens is 9. The number of carboxylic acid groups (broad SMARTS) is 3. The van der Waals surface area contributed by atoms with Crippen LogP contribution < -0.4 is 64.3 Å². The number of nitrogens with one attached hydrogen (secondary N) is 7. The van der Waals surface area contributed by atoms with Gasteiger partial charge in [-0.1, -0.05) is 12.2 Å². The molecule has 7 aromatic rings. The van der Waals surface area contributed by atoms with E-state index in [0.717, 1.165) is 5.69 Å². The molecule has 5 heterocycles. The van der Waals surface area contributed by atoms with Gasteiger partial charge in [-0.25, -0.2) is 15.0 Å². The fraction of sp³-hybridized carbons (Fsp3) is 0.426. The molecule has 5 aromatic heterocycles. The predicted octanol–water partition coefficient (Wildman–Crippen LogP) is 0.600. The number of nitrogens with two attached hydrogens (primary N) is 4. The molecule has 0 spiro atoms. The summed E-state index contributed by atoms with van der Waals surface area (Å²) in [5.41, 5.74) is 26.9. The summed E-state index contributed by atoms with van der Waals surface area (Å²) in [6, 6.07) is 3.75. The van der Waals surface area contributed by atoms with E-state index in [2.05, 4.69) is 42.1 Å². The summed E-state index contributed by atoms with van der Waals surface area (Å²) in [5, 5.41) is 61.7. The van der Waals surface area contributed by atoms with Gasteiger partial charge in [0.2, 0.25) is 35.5 Å². The van der Waals surface area contributed by atoms with Crippen LogP contribution in [0.3, 0.4) is 0 Å². The number of primary amides is 2. The largest absolute Gasteiger partial charge is 0.491 e. The minimum absolute atomic E-state index is 0.00531. The molecule has 514 valence electrons. The lowest BCUT2D eigenvalue weighted by Gasteiger charge is -2.25. The number of amides is 6. The number of hydrogen-bond acceptors (Lipinski definition) is 20. The highest BCUT2D eigenvalue weighted by molar-refractivity contribution is 6.12. The molecule has 18 N–H and O–H groups in total. The molecule has 0 saturated heterocycles. The van der Waals surface area contributed by atoms with Crippen LogP contribution in [0.15, 0.2) is 54.7 Å².